The number of benzene rings is 2. The number of aromatic amines is 2. The van der Waals surface area contributed by atoms with Gasteiger partial charge in [-0.05, 0) is 48.6 Å². The van der Waals surface area contributed by atoms with Crippen molar-refractivity contribution in [1.29, 1.82) is 0 Å². The summed E-state index contributed by atoms with van der Waals surface area (Å²) in [5.74, 6) is -0.519. The SMILES string of the molecule is CC.O=C1Nc2ccc(Cl)cc2C(c2c[nH]c(=O)[nH]c2=O)=NC1NC(=S)Nc1ccc(N2CCOCC2)c(Cl)c1. The number of ether oxygens (including phenoxy) is 1. The van der Waals surface area contributed by atoms with Crippen LogP contribution in [0.2, 0.25) is 10.0 Å². The second-order valence-electron chi connectivity index (χ2n) is 8.41. The zero-order chi connectivity index (χ0) is 28.8. The number of benzodiazepines with no additional fused rings is 1. The van der Waals surface area contributed by atoms with Crippen LogP contribution in [0.5, 0.6) is 0 Å². The van der Waals surface area contributed by atoms with Gasteiger partial charge < -0.3 is 30.6 Å². The summed E-state index contributed by atoms with van der Waals surface area (Å²) in [4.78, 5) is 48.4. The molecule has 0 aliphatic carbocycles. The summed E-state index contributed by atoms with van der Waals surface area (Å²) >= 11 is 18.2. The number of nitrogens with one attached hydrogen (secondary N) is 5. The van der Waals surface area contributed by atoms with E-state index in [9.17, 15) is 14.4 Å². The lowest BCUT2D eigenvalue weighted by Gasteiger charge is -2.29. The fourth-order valence-electron chi connectivity index (χ4n) is 4.11. The quantitative estimate of drug-likeness (QED) is 0.286. The summed E-state index contributed by atoms with van der Waals surface area (Å²) < 4.78 is 5.39. The Morgan fingerprint density at radius 2 is 1.82 bits per heavy atom. The first-order chi connectivity index (χ1) is 19.3. The summed E-state index contributed by atoms with van der Waals surface area (Å²) in [6, 6.07) is 10.2. The molecule has 1 aromatic heterocycles. The lowest BCUT2D eigenvalue weighted by atomic mass is 10.0. The molecule has 14 heteroatoms. The molecule has 1 amide bonds. The van der Waals surface area contributed by atoms with Crippen molar-refractivity contribution in [2.24, 2.45) is 4.99 Å². The molecule has 0 saturated carbocycles. The third-order valence-corrected chi connectivity index (χ3v) is 6.66. The van der Waals surface area contributed by atoms with Crippen molar-refractivity contribution in [3.8, 4) is 0 Å². The van der Waals surface area contributed by atoms with E-state index in [2.05, 4.69) is 35.8 Å². The Morgan fingerprint density at radius 1 is 1.07 bits per heavy atom. The molecule has 40 heavy (non-hydrogen) atoms. The van der Waals surface area contributed by atoms with Gasteiger partial charge in [0.1, 0.15) is 0 Å². The normalized spacial score (nSPS) is 16.4. The van der Waals surface area contributed by atoms with E-state index < -0.39 is 23.3 Å². The molecule has 2 aliphatic heterocycles. The van der Waals surface area contributed by atoms with Crippen LogP contribution >= 0.6 is 35.4 Å². The number of nitrogens with zero attached hydrogens (tertiary/aromatic N) is 2. The molecule has 2 aromatic carbocycles. The lowest BCUT2D eigenvalue weighted by Crippen LogP contribution is -2.44. The fraction of sp³-hybridized carbons (Fsp3) is 0.269. The zero-order valence-electron chi connectivity index (χ0n) is 21.6. The van der Waals surface area contributed by atoms with Crippen molar-refractivity contribution in [1.82, 2.24) is 15.3 Å². The van der Waals surface area contributed by atoms with E-state index in [0.29, 0.717) is 40.2 Å². The van der Waals surface area contributed by atoms with Crippen LogP contribution in [0.3, 0.4) is 0 Å². The number of morpholine rings is 1. The molecule has 1 atom stereocenters. The molecule has 3 heterocycles. The molecule has 3 aromatic rings. The third-order valence-electron chi connectivity index (χ3n) is 5.90. The number of anilines is 3. The Balaban J connectivity index is 0.00000181. The van der Waals surface area contributed by atoms with Gasteiger partial charge in [-0.2, -0.15) is 0 Å². The minimum Gasteiger partial charge on any atom is -0.378 e. The average Bonchev–Trinajstić information content (AvgIpc) is 3.06. The van der Waals surface area contributed by atoms with Crippen molar-refractivity contribution in [3.63, 3.8) is 0 Å². The van der Waals surface area contributed by atoms with Gasteiger partial charge in [0, 0.05) is 35.6 Å². The van der Waals surface area contributed by atoms with Gasteiger partial charge in [-0.25, -0.2) is 9.79 Å². The topological polar surface area (TPSA) is 144 Å². The summed E-state index contributed by atoms with van der Waals surface area (Å²) in [7, 11) is 0. The highest BCUT2D eigenvalue weighted by atomic mass is 35.5. The first-order valence-electron chi connectivity index (χ1n) is 12.5. The van der Waals surface area contributed by atoms with Crippen molar-refractivity contribution in [2.75, 3.05) is 41.8 Å². The molecule has 210 valence electrons. The number of fused-ring (bicyclic) bond motifs is 1. The van der Waals surface area contributed by atoms with Crippen molar-refractivity contribution in [3.05, 3.63) is 84.6 Å². The van der Waals surface area contributed by atoms with E-state index in [1.165, 1.54) is 6.20 Å². The van der Waals surface area contributed by atoms with Gasteiger partial charge in [-0.3, -0.25) is 14.6 Å². The number of halogens is 2. The molecule has 0 spiro atoms. The molecule has 1 fully saturated rings. The predicted octanol–water partition coefficient (Wildman–Crippen LogP) is 3.34. The number of hydrogen-bond donors (Lipinski definition) is 5. The van der Waals surface area contributed by atoms with Crippen LogP contribution in [0.15, 0.2) is 57.2 Å². The molecule has 5 rings (SSSR count). The van der Waals surface area contributed by atoms with Crippen molar-refractivity contribution >= 4 is 69.2 Å². The van der Waals surface area contributed by atoms with Crippen LogP contribution in [0.25, 0.3) is 0 Å². The number of amides is 1. The number of aliphatic imine (C=N–C) groups is 1. The number of carbonyl (C=O) groups excluding carboxylic acids is 1. The summed E-state index contributed by atoms with van der Waals surface area (Å²) in [5.41, 5.74) is 1.11. The van der Waals surface area contributed by atoms with Crippen LogP contribution in [-0.2, 0) is 9.53 Å². The Hall–Kier alpha value is -3.71. The van der Waals surface area contributed by atoms with Gasteiger partial charge in [0.25, 0.3) is 11.5 Å². The third kappa shape index (κ3) is 6.70. The highest BCUT2D eigenvalue weighted by Gasteiger charge is 2.28. The van der Waals surface area contributed by atoms with Gasteiger partial charge >= 0.3 is 5.69 Å². The molecule has 2 aliphatic rings. The maximum atomic E-state index is 13.1. The Labute approximate surface area is 244 Å². The van der Waals surface area contributed by atoms with E-state index in [1.54, 1.807) is 24.3 Å². The Kier molecular flexibility index (Phi) is 9.58. The van der Waals surface area contributed by atoms with E-state index >= 15 is 0 Å². The molecule has 5 N–H and O–H groups in total. The average molecular weight is 605 g/mol. The van der Waals surface area contributed by atoms with Crippen molar-refractivity contribution in [2.45, 2.75) is 20.0 Å². The van der Waals surface area contributed by atoms with Crippen LogP contribution < -0.4 is 32.1 Å². The minimum atomic E-state index is -1.22. The molecule has 0 bridgehead atoms. The second-order valence-corrected chi connectivity index (χ2v) is 9.66. The summed E-state index contributed by atoms with van der Waals surface area (Å²) in [6.07, 6.45) is 0.0113. The molecule has 0 radical (unpaired) electrons. The van der Waals surface area contributed by atoms with Gasteiger partial charge in [-0.15, -0.1) is 0 Å². The highest BCUT2D eigenvalue weighted by Crippen LogP contribution is 2.30. The lowest BCUT2D eigenvalue weighted by molar-refractivity contribution is -0.117. The maximum Gasteiger partial charge on any atom is 0.325 e. The predicted molar refractivity (Wildman–Crippen MR) is 162 cm³/mol. The molecule has 1 unspecified atom stereocenters. The number of hydrogen-bond acceptors (Lipinski definition) is 7. The highest BCUT2D eigenvalue weighted by molar-refractivity contribution is 7.80. The smallest absolute Gasteiger partial charge is 0.325 e. The first-order valence-corrected chi connectivity index (χ1v) is 13.7. The number of thiocarbonyl (C=S) groups is 1. The molecular formula is C26H27Cl2N7O4S. The van der Waals surface area contributed by atoms with Crippen LogP contribution in [0, 0.1) is 0 Å². The first kappa shape index (κ1) is 29.3. The summed E-state index contributed by atoms with van der Waals surface area (Å²) in [5, 5.41) is 9.66. The Morgan fingerprint density at radius 3 is 2.52 bits per heavy atom. The molecular weight excluding hydrogens is 577 g/mol. The molecule has 11 nitrogen and oxygen atoms in total. The van der Waals surface area contributed by atoms with E-state index in [1.807, 2.05) is 26.0 Å². The van der Waals surface area contributed by atoms with E-state index in [-0.39, 0.29) is 16.4 Å². The minimum absolute atomic E-state index is 0.0424. The zero-order valence-corrected chi connectivity index (χ0v) is 24.0. The summed E-state index contributed by atoms with van der Waals surface area (Å²) in [6.45, 7) is 6.76. The number of rotatable bonds is 4. The Bertz CT molecular complexity index is 1570. The maximum absolute atomic E-state index is 13.1. The number of H-pyrrole nitrogens is 2. The van der Waals surface area contributed by atoms with Crippen LogP contribution in [0.4, 0.5) is 17.1 Å². The van der Waals surface area contributed by atoms with E-state index in [4.69, 9.17) is 40.2 Å². The standard InChI is InChI=1S/C24H21Cl2N7O4S.C2H6/c25-12-1-3-17-14(9-12)19(15-11-27-23(36)32-21(15)34)30-20(22(35)29-17)31-24(38)28-13-2-4-18(16(26)10-13)33-5-7-37-8-6-33;1-2/h1-4,9-11,20H,5-8H2,(H,29,35)(H2,28,31,38)(H2,27,32,34,36);1-2H3. The number of carbonyl (C=O) groups is 1. The van der Waals surface area contributed by atoms with Gasteiger partial charge in [0.2, 0.25) is 6.17 Å². The monoisotopic (exact) mass is 603 g/mol. The van der Waals surface area contributed by atoms with Gasteiger partial charge in [0.15, 0.2) is 5.11 Å². The van der Waals surface area contributed by atoms with Gasteiger partial charge in [-0.1, -0.05) is 37.0 Å². The molecule has 1 saturated heterocycles. The van der Waals surface area contributed by atoms with Crippen molar-refractivity contribution < 1.29 is 9.53 Å². The second kappa shape index (κ2) is 13.1. The van der Waals surface area contributed by atoms with Crippen LogP contribution in [-0.4, -0.2) is 59.2 Å². The van der Waals surface area contributed by atoms with Crippen LogP contribution in [0.1, 0.15) is 25.0 Å². The fourth-order valence-corrected chi connectivity index (χ4v) is 4.82. The van der Waals surface area contributed by atoms with E-state index in [0.717, 1.165) is 18.8 Å². The number of aromatic nitrogens is 2. The van der Waals surface area contributed by atoms with Gasteiger partial charge in [0.05, 0.1) is 40.9 Å². The largest absolute Gasteiger partial charge is 0.378 e.